The Morgan fingerprint density at radius 2 is 1.85 bits per heavy atom. The first kappa shape index (κ1) is 16.1. The SMILES string of the molecule is CCN(CC)c1nc(OC)nc(C(C(N)=O)C(C)C)n1. The van der Waals surface area contributed by atoms with Crippen LogP contribution in [-0.2, 0) is 4.79 Å². The van der Waals surface area contributed by atoms with Crippen LogP contribution in [0.15, 0.2) is 0 Å². The number of rotatable bonds is 7. The van der Waals surface area contributed by atoms with E-state index in [-0.39, 0.29) is 11.9 Å². The number of carbonyl (C=O) groups is 1. The van der Waals surface area contributed by atoms with Gasteiger partial charge < -0.3 is 15.4 Å². The smallest absolute Gasteiger partial charge is 0.321 e. The lowest BCUT2D eigenvalue weighted by Gasteiger charge is -2.21. The molecule has 1 aromatic heterocycles. The molecule has 0 radical (unpaired) electrons. The summed E-state index contributed by atoms with van der Waals surface area (Å²) in [5, 5.41) is 0. The van der Waals surface area contributed by atoms with Crippen LogP contribution in [0.1, 0.15) is 39.4 Å². The van der Waals surface area contributed by atoms with E-state index in [4.69, 9.17) is 10.5 Å². The van der Waals surface area contributed by atoms with Crippen molar-refractivity contribution in [3.63, 3.8) is 0 Å². The average molecular weight is 281 g/mol. The van der Waals surface area contributed by atoms with Gasteiger partial charge in [0, 0.05) is 13.1 Å². The number of primary amides is 1. The Hall–Kier alpha value is -1.92. The summed E-state index contributed by atoms with van der Waals surface area (Å²) >= 11 is 0. The van der Waals surface area contributed by atoms with Crippen molar-refractivity contribution in [2.75, 3.05) is 25.1 Å². The first-order valence-electron chi connectivity index (χ1n) is 6.78. The molecular formula is C13H23N5O2. The van der Waals surface area contributed by atoms with Gasteiger partial charge in [-0.15, -0.1) is 0 Å². The van der Waals surface area contributed by atoms with Crippen LogP contribution in [0.25, 0.3) is 0 Å². The zero-order chi connectivity index (χ0) is 15.3. The fourth-order valence-electron chi connectivity index (χ4n) is 1.99. The van der Waals surface area contributed by atoms with E-state index in [1.54, 1.807) is 0 Å². The fraction of sp³-hybridized carbons (Fsp3) is 0.692. The lowest BCUT2D eigenvalue weighted by atomic mass is 9.94. The molecule has 20 heavy (non-hydrogen) atoms. The van der Waals surface area contributed by atoms with Crippen molar-refractivity contribution >= 4 is 11.9 Å². The summed E-state index contributed by atoms with van der Waals surface area (Å²) in [4.78, 5) is 26.4. The number of methoxy groups -OCH3 is 1. The van der Waals surface area contributed by atoms with Gasteiger partial charge in [0.2, 0.25) is 11.9 Å². The topological polar surface area (TPSA) is 94.2 Å². The zero-order valence-corrected chi connectivity index (χ0v) is 12.8. The monoisotopic (exact) mass is 281 g/mol. The molecule has 0 saturated heterocycles. The molecule has 0 spiro atoms. The lowest BCUT2D eigenvalue weighted by Crippen LogP contribution is -2.30. The molecule has 0 bridgehead atoms. The normalized spacial score (nSPS) is 12.3. The van der Waals surface area contributed by atoms with Crippen LogP contribution in [-0.4, -0.2) is 41.1 Å². The summed E-state index contributed by atoms with van der Waals surface area (Å²) < 4.78 is 5.10. The van der Waals surface area contributed by atoms with E-state index >= 15 is 0 Å². The molecule has 112 valence electrons. The Labute approximate surface area is 119 Å². The Balaban J connectivity index is 3.31. The number of carbonyl (C=O) groups excluding carboxylic acids is 1. The number of hydrogen-bond donors (Lipinski definition) is 1. The predicted molar refractivity (Wildman–Crippen MR) is 76.7 cm³/mol. The van der Waals surface area contributed by atoms with Gasteiger partial charge in [0.05, 0.1) is 7.11 Å². The second kappa shape index (κ2) is 7.02. The van der Waals surface area contributed by atoms with Crippen molar-refractivity contribution in [3.8, 4) is 6.01 Å². The molecule has 1 heterocycles. The third-order valence-electron chi connectivity index (χ3n) is 3.10. The minimum Gasteiger partial charge on any atom is -0.467 e. The number of ether oxygens (including phenoxy) is 1. The average Bonchev–Trinajstić information content (AvgIpc) is 2.39. The number of nitrogens with two attached hydrogens (primary N) is 1. The highest BCUT2D eigenvalue weighted by Crippen LogP contribution is 2.24. The second-order valence-electron chi connectivity index (χ2n) is 4.78. The molecule has 1 atom stereocenters. The molecule has 7 nitrogen and oxygen atoms in total. The van der Waals surface area contributed by atoms with Gasteiger partial charge in [-0.2, -0.15) is 15.0 Å². The van der Waals surface area contributed by atoms with E-state index in [0.29, 0.717) is 11.8 Å². The van der Waals surface area contributed by atoms with Gasteiger partial charge in [-0.1, -0.05) is 13.8 Å². The first-order chi connectivity index (χ1) is 9.44. The number of nitrogens with zero attached hydrogens (tertiary/aromatic N) is 4. The van der Waals surface area contributed by atoms with Crippen LogP contribution < -0.4 is 15.4 Å². The molecule has 7 heteroatoms. The highest BCUT2D eigenvalue weighted by Gasteiger charge is 2.27. The van der Waals surface area contributed by atoms with Gasteiger partial charge in [0.15, 0.2) is 5.82 Å². The Kier molecular flexibility index (Phi) is 5.66. The minimum absolute atomic E-state index is 0.00385. The Morgan fingerprint density at radius 1 is 1.25 bits per heavy atom. The van der Waals surface area contributed by atoms with Crippen molar-refractivity contribution in [3.05, 3.63) is 5.82 Å². The number of hydrogen-bond acceptors (Lipinski definition) is 6. The third kappa shape index (κ3) is 3.55. The summed E-state index contributed by atoms with van der Waals surface area (Å²) in [6.07, 6.45) is 0. The minimum atomic E-state index is -0.554. The van der Waals surface area contributed by atoms with Gasteiger partial charge in [-0.05, 0) is 19.8 Å². The summed E-state index contributed by atoms with van der Waals surface area (Å²) in [7, 11) is 1.49. The highest BCUT2D eigenvalue weighted by atomic mass is 16.5. The molecule has 1 aromatic rings. The molecule has 0 aromatic carbocycles. The fourth-order valence-corrected chi connectivity index (χ4v) is 1.99. The standard InChI is InChI=1S/C13H23N5O2/c1-6-18(7-2)12-15-11(16-13(17-12)20-5)9(8(3)4)10(14)19/h8-9H,6-7H2,1-5H3,(H2,14,19). The van der Waals surface area contributed by atoms with Gasteiger partial charge in [-0.25, -0.2) is 0 Å². The maximum absolute atomic E-state index is 11.6. The van der Waals surface area contributed by atoms with E-state index in [0.717, 1.165) is 13.1 Å². The van der Waals surface area contributed by atoms with Crippen molar-refractivity contribution in [2.45, 2.75) is 33.6 Å². The number of amides is 1. The molecular weight excluding hydrogens is 258 g/mol. The largest absolute Gasteiger partial charge is 0.467 e. The number of aromatic nitrogens is 3. The van der Waals surface area contributed by atoms with Gasteiger partial charge in [0.25, 0.3) is 0 Å². The summed E-state index contributed by atoms with van der Waals surface area (Å²) in [6.45, 7) is 9.34. The summed E-state index contributed by atoms with van der Waals surface area (Å²) in [5.74, 6) is -0.130. The molecule has 0 aliphatic carbocycles. The van der Waals surface area contributed by atoms with Crippen LogP contribution >= 0.6 is 0 Å². The van der Waals surface area contributed by atoms with Crippen molar-refractivity contribution in [2.24, 2.45) is 11.7 Å². The molecule has 1 amide bonds. The number of anilines is 1. The van der Waals surface area contributed by atoms with E-state index in [9.17, 15) is 4.79 Å². The quantitative estimate of drug-likeness (QED) is 0.799. The highest BCUT2D eigenvalue weighted by molar-refractivity contribution is 5.81. The van der Waals surface area contributed by atoms with Gasteiger partial charge in [0.1, 0.15) is 5.92 Å². The molecule has 1 unspecified atom stereocenters. The van der Waals surface area contributed by atoms with Crippen molar-refractivity contribution in [1.82, 2.24) is 15.0 Å². The zero-order valence-electron chi connectivity index (χ0n) is 12.8. The molecule has 2 N–H and O–H groups in total. The van der Waals surface area contributed by atoms with E-state index in [1.807, 2.05) is 32.6 Å². The first-order valence-corrected chi connectivity index (χ1v) is 6.78. The molecule has 1 rings (SSSR count). The molecule has 0 fully saturated rings. The molecule has 0 aliphatic heterocycles. The van der Waals surface area contributed by atoms with E-state index in [2.05, 4.69) is 15.0 Å². The second-order valence-corrected chi connectivity index (χ2v) is 4.78. The predicted octanol–water partition coefficient (Wildman–Crippen LogP) is 0.951. The maximum Gasteiger partial charge on any atom is 0.321 e. The van der Waals surface area contributed by atoms with E-state index < -0.39 is 11.8 Å². The summed E-state index contributed by atoms with van der Waals surface area (Å²) in [5.41, 5.74) is 5.46. The van der Waals surface area contributed by atoms with Crippen molar-refractivity contribution in [1.29, 1.82) is 0 Å². The van der Waals surface area contributed by atoms with Crippen LogP contribution in [0.4, 0.5) is 5.95 Å². The van der Waals surface area contributed by atoms with Crippen LogP contribution in [0, 0.1) is 5.92 Å². The van der Waals surface area contributed by atoms with Gasteiger partial charge >= 0.3 is 6.01 Å². The maximum atomic E-state index is 11.6. The summed E-state index contributed by atoms with van der Waals surface area (Å²) in [6, 6.07) is 0.198. The Bertz CT molecular complexity index is 460. The third-order valence-corrected chi connectivity index (χ3v) is 3.10. The van der Waals surface area contributed by atoms with Crippen LogP contribution in [0.5, 0.6) is 6.01 Å². The lowest BCUT2D eigenvalue weighted by molar-refractivity contribution is -0.120. The van der Waals surface area contributed by atoms with E-state index in [1.165, 1.54) is 7.11 Å². The molecule has 0 aliphatic rings. The van der Waals surface area contributed by atoms with Crippen molar-refractivity contribution < 1.29 is 9.53 Å². The van der Waals surface area contributed by atoms with Gasteiger partial charge in [-0.3, -0.25) is 4.79 Å². The Morgan fingerprint density at radius 3 is 2.25 bits per heavy atom. The van der Waals surface area contributed by atoms with Crippen LogP contribution in [0.3, 0.4) is 0 Å². The molecule has 0 saturated carbocycles. The van der Waals surface area contributed by atoms with Crippen LogP contribution in [0.2, 0.25) is 0 Å².